The van der Waals surface area contributed by atoms with Crippen LogP contribution in [0, 0.1) is 5.92 Å². The maximum atomic E-state index is 3.50. The topological polar surface area (TPSA) is 12.0 Å². The molecule has 1 nitrogen and oxygen atoms in total. The van der Waals surface area contributed by atoms with Gasteiger partial charge in [0.1, 0.15) is 0 Å². The summed E-state index contributed by atoms with van der Waals surface area (Å²) < 4.78 is 0. The molecular weight excluding hydrogens is 238 g/mol. The molecule has 2 atom stereocenters. The van der Waals surface area contributed by atoms with Gasteiger partial charge >= 0.3 is 0 Å². The summed E-state index contributed by atoms with van der Waals surface area (Å²) in [5.74, 6) is 0.745. The van der Waals surface area contributed by atoms with E-state index in [9.17, 15) is 0 Å². The van der Waals surface area contributed by atoms with E-state index in [1.54, 1.807) is 0 Å². The van der Waals surface area contributed by atoms with Crippen LogP contribution in [-0.4, -0.2) is 7.05 Å². The Bertz CT molecular complexity index is 504. The normalized spacial score (nSPS) is 22.1. The van der Waals surface area contributed by atoms with E-state index in [0.717, 1.165) is 5.92 Å². The Labute approximate surface area is 113 Å². The van der Waals surface area contributed by atoms with Crippen molar-refractivity contribution in [2.24, 2.45) is 5.92 Å². The molecule has 0 radical (unpaired) electrons. The highest BCUT2D eigenvalue weighted by molar-refractivity contribution is 7.09. The van der Waals surface area contributed by atoms with Crippen molar-refractivity contribution in [1.29, 1.82) is 0 Å². The molecule has 1 aliphatic carbocycles. The summed E-state index contributed by atoms with van der Waals surface area (Å²) in [5, 5.41) is 5.68. The summed E-state index contributed by atoms with van der Waals surface area (Å²) in [4.78, 5) is 1.51. The minimum absolute atomic E-state index is 0.543. The third kappa shape index (κ3) is 2.23. The van der Waals surface area contributed by atoms with Crippen LogP contribution in [0.4, 0.5) is 0 Å². The van der Waals surface area contributed by atoms with E-state index in [0.29, 0.717) is 6.04 Å². The summed E-state index contributed by atoms with van der Waals surface area (Å²) in [6.45, 7) is 0. The summed E-state index contributed by atoms with van der Waals surface area (Å²) in [6, 6.07) is 13.8. The summed E-state index contributed by atoms with van der Waals surface area (Å²) in [6.07, 6.45) is 3.72. The Morgan fingerprint density at radius 2 is 2.11 bits per heavy atom. The van der Waals surface area contributed by atoms with E-state index in [1.165, 1.54) is 35.3 Å². The van der Waals surface area contributed by atoms with Gasteiger partial charge in [-0.15, -0.1) is 11.3 Å². The van der Waals surface area contributed by atoms with Crippen LogP contribution in [0.2, 0.25) is 0 Å². The largest absolute Gasteiger partial charge is 0.313 e. The zero-order valence-corrected chi connectivity index (χ0v) is 11.5. The third-order valence-electron chi connectivity index (χ3n) is 4.00. The Balaban J connectivity index is 1.71. The van der Waals surface area contributed by atoms with Crippen molar-refractivity contribution in [2.75, 3.05) is 7.05 Å². The van der Waals surface area contributed by atoms with Crippen LogP contribution in [0.5, 0.6) is 0 Å². The van der Waals surface area contributed by atoms with E-state index in [2.05, 4.69) is 54.1 Å². The number of nitrogens with one attached hydrogen (secondary N) is 1. The lowest BCUT2D eigenvalue weighted by molar-refractivity contribution is 0.388. The van der Waals surface area contributed by atoms with E-state index >= 15 is 0 Å². The predicted molar refractivity (Wildman–Crippen MR) is 78.1 cm³/mol. The maximum absolute atomic E-state index is 3.50. The molecular formula is C16H19NS. The third-order valence-corrected chi connectivity index (χ3v) is 4.93. The number of thiophene rings is 1. The summed E-state index contributed by atoms with van der Waals surface area (Å²) in [5.41, 5.74) is 3.05. The fourth-order valence-corrected chi connectivity index (χ4v) is 3.84. The average Bonchev–Trinajstić information content (AvgIpc) is 3.03. The molecule has 1 aromatic heterocycles. The van der Waals surface area contributed by atoms with Gasteiger partial charge in [-0.3, -0.25) is 0 Å². The highest BCUT2D eigenvalue weighted by Crippen LogP contribution is 2.38. The lowest BCUT2D eigenvalue weighted by Gasteiger charge is -2.19. The molecule has 1 heterocycles. The number of benzene rings is 1. The molecule has 2 aromatic rings. The molecule has 0 amide bonds. The molecule has 94 valence electrons. The van der Waals surface area contributed by atoms with Gasteiger partial charge in [0.15, 0.2) is 0 Å². The predicted octanol–water partition coefficient (Wildman–Crippen LogP) is 3.81. The minimum atomic E-state index is 0.543. The maximum Gasteiger partial charge on any atom is 0.0352 e. The molecule has 1 aliphatic rings. The molecule has 2 unspecified atom stereocenters. The van der Waals surface area contributed by atoms with Gasteiger partial charge in [-0.25, -0.2) is 0 Å². The lowest BCUT2D eigenvalue weighted by Crippen LogP contribution is -2.21. The number of fused-ring (bicyclic) bond motifs is 1. The van der Waals surface area contributed by atoms with Crippen molar-refractivity contribution in [1.82, 2.24) is 5.32 Å². The molecule has 2 heteroatoms. The molecule has 18 heavy (non-hydrogen) atoms. The van der Waals surface area contributed by atoms with Gasteiger partial charge in [0.25, 0.3) is 0 Å². The second kappa shape index (κ2) is 5.25. The van der Waals surface area contributed by atoms with E-state index in [4.69, 9.17) is 0 Å². The van der Waals surface area contributed by atoms with Crippen LogP contribution < -0.4 is 5.32 Å². The molecule has 0 aliphatic heterocycles. The van der Waals surface area contributed by atoms with Gasteiger partial charge in [0.2, 0.25) is 0 Å². The Hall–Kier alpha value is -1.12. The number of rotatable bonds is 4. The Kier molecular flexibility index (Phi) is 3.48. The Morgan fingerprint density at radius 1 is 1.22 bits per heavy atom. The zero-order chi connectivity index (χ0) is 12.4. The fraction of sp³-hybridized carbons (Fsp3) is 0.375. The first-order valence-electron chi connectivity index (χ1n) is 6.66. The fourth-order valence-electron chi connectivity index (χ4n) is 3.12. The molecule has 0 spiro atoms. The van der Waals surface area contributed by atoms with Crippen molar-refractivity contribution < 1.29 is 0 Å². The molecule has 0 saturated carbocycles. The van der Waals surface area contributed by atoms with E-state index in [1.807, 2.05) is 11.3 Å². The number of hydrogen-bond acceptors (Lipinski definition) is 2. The number of aryl methyl sites for hydroxylation is 1. The van der Waals surface area contributed by atoms with Gasteiger partial charge in [-0.1, -0.05) is 30.3 Å². The molecule has 3 rings (SSSR count). The van der Waals surface area contributed by atoms with Gasteiger partial charge < -0.3 is 5.32 Å². The van der Waals surface area contributed by atoms with Crippen LogP contribution >= 0.6 is 11.3 Å². The van der Waals surface area contributed by atoms with Crippen molar-refractivity contribution in [3.63, 3.8) is 0 Å². The van der Waals surface area contributed by atoms with Crippen LogP contribution in [0.25, 0.3) is 0 Å². The standard InChI is InChI=1S/C16H19NS/c1-17-16-13(8-9-14-6-4-10-18-14)11-12-5-2-3-7-15(12)16/h2-7,10,13,16-17H,8-9,11H2,1H3. The van der Waals surface area contributed by atoms with Gasteiger partial charge in [-0.05, 0) is 54.8 Å². The molecule has 0 saturated heterocycles. The van der Waals surface area contributed by atoms with Crippen LogP contribution in [-0.2, 0) is 12.8 Å². The Morgan fingerprint density at radius 3 is 2.89 bits per heavy atom. The second-order valence-corrected chi connectivity index (χ2v) is 6.08. The van der Waals surface area contributed by atoms with Crippen LogP contribution in [0.15, 0.2) is 41.8 Å². The summed E-state index contributed by atoms with van der Waals surface area (Å²) in [7, 11) is 2.09. The molecule has 1 aromatic carbocycles. The first kappa shape index (κ1) is 11.9. The van der Waals surface area contributed by atoms with E-state index in [-0.39, 0.29) is 0 Å². The van der Waals surface area contributed by atoms with Gasteiger partial charge in [0.05, 0.1) is 0 Å². The van der Waals surface area contributed by atoms with Crippen LogP contribution in [0.3, 0.4) is 0 Å². The van der Waals surface area contributed by atoms with Crippen molar-refractivity contribution in [3.8, 4) is 0 Å². The van der Waals surface area contributed by atoms with Crippen LogP contribution in [0.1, 0.15) is 28.5 Å². The second-order valence-electron chi connectivity index (χ2n) is 5.05. The van der Waals surface area contributed by atoms with E-state index < -0.39 is 0 Å². The zero-order valence-electron chi connectivity index (χ0n) is 10.7. The molecule has 1 N–H and O–H groups in total. The van der Waals surface area contributed by atoms with Crippen molar-refractivity contribution in [2.45, 2.75) is 25.3 Å². The quantitative estimate of drug-likeness (QED) is 0.878. The summed E-state index contributed by atoms with van der Waals surface area (Å²) >= 11 is 1.88. The first-order valence-corrected chi connectivity index (χ1v) is 7.54. The molecule has 0 fully saturated rings. The monoisotopic (exact) mass is 257 g/mol. The highest BCUT2D eigenvalue weighted by Gasteiger charge is 2.30. The van der Waals surface area contributed by atoms with Crippen molar-refractivity contribution >= 4 is 11.3 Å². The molecule has 0 bridgehead atoms. The number of hydrogen-bond donors (Lipinski definition) is 1. The van der Waals surface area contributed by atoms with Gasteiger partial charge in [0, 0.05) is 10.9 Å². The SMILES string of the molecule is CNC1c2ccccc2CC1CCc1cccs1. The smallest absolute Gasteiger partial charge is 0.0352 e. The lowest BCUT2D eigenvalue weighted by atomic mass is 9.95. The highest BCUT2D eigenvalue weighted by atomic mass is 32.1. The average molecular weight is 257 g/mol. The van der Waals surface area contributed by atoms with Gasteiger partial charge in [-0.2, -0.15) is 0 Å². The minimum Gasteiger partial charge on any atom is -0.313 e. The first-order chi connectivity index (χ1) is 8.88. The van der Waals surface area contributed by atoms with Crippen molar-refractivity contribution in [3.05, 3.63) is 57.8 Å².